The molecule has 0 spiro atoms. The number of hydrogen-bond acceptors (Lipinski definition) is 5. The van der Waals surface area contributed by atoms with Gasteiger partial charge in [0, 0.05) is 29.3 Å². The van der Waals surface area contributed by atoms with Gasteiger partial charge in [-0.2, -0.15) is 15.1 Å². The minimum Gasteiger partial charge on any atom is -0.383 e. The third-order valence-electron chi connectivity index (χ3n) is 5.09. The Hall–Kier alpha value is -3.22. The monoisotopic (exact) mass is 364 g/mol. The lowest BCUT2D eigenvalue weighted by atomic mass is 9.85. The first kappa shape index (κ1) is 17.2. The van der Waals surface area contributed by atoms with E-state index in [2.05, 4.69) is 27.0 Å². The van der Waals surface area contributed by atoms with Gasteiger partial charge in [0.1, 0.15) is 17.5 Å². The van der Waals surface area contributed by atoms with E-state index < -0.39 is 0 Å². The molecular formula is C20H21FN6. The molecule has 7 heteroatoms. The maximum Gasteiger partial charge on any atom is 0.254 e. The van der Waals surface area contributed by atoms with E-state index in [1.165, 1.54) is 6.07 Å². The summed E-state index contributed by atoms with van der Waals surface area (Å²) in [6, 6.07) is 6.70. The molecule has 0 saturated heterocycles. The van der Waals surface area contributed by atoms with Crippen LogP contribution in [0.15, 0.2) is 42.7 Å². The summed E-state index contributed by atoms with van der Waals surface area (Å²) in [4.78, 5) is 9.01. The highest BCUT2D eigenvalue weighted by Gasteiger charge is 2.38. The van der Waals surface area contributed by atoms with Crippen molar-refractivity contribution in [1.82, 2.24) is 19.7 Å². The number of nitrogens with zero attached hydrogens (tertiary/aromatic N) is 4. The first-order valence-electron chi connectivity index (χ1n) is 8.70. The summed E-state index contributed by atoms with van der Waals surface area (Å²) in [6.07, 6.45) is 2.22. The molecule has 3 heterocycles. The maximum absolute atomic E-state index is 14.0. The molecule has 27 heavy (non-hydrogen) atoms. The predicted molar refractivity (Wildman–Crippen MR) is 103 cm³/mol. The highest BCUT2D eigenvalue weighted by Crippen LogP contribution is 2.44. The second kappa shape index (κ2) is 5.90. The number of nitrogen functional groups attached to an aromatic ring is 1. The van der Waals surface area contributed by atoms with Crippen molar-refractivity contribution < 1.29 is 4.39 Å². The number of anilines is 2. The number of nitrogens with two attached hydrogens (primary N) is 1. The van der Waals surface area contributed by atoms with Crippen LogP contribution >= 0.6 is 0 Å². The van der Waals surface area contributed by atoms with Crippen molar-refractivity contribution >= 4 is 11.6 Å². The molecule has 0 unspecified atom stereocenters. The average Bonchev–Trinajstić information content (AvgIpc) is 3.07. The number of nitrogens with one attached hydrogen (secondary N) is 1. The summed E-state index contributed by atoms with van der Waals surface area (Å²) in [6.45, 7) is 10.0. The molecule has 0 atom stereocenters. The van der Waals surface area contributed by atoms with Crippen LogP contribution in [0.2, 0.25) is 0 Å². The Balaban J connectivity index is 1.72. The molecule has 0 saturated carbocycles. The standard InChI is InChI=1S/C20H21FN6/c1-11-10-27(26-15(11)9-13-7-5-6-8-14(13)21)19-24-17(22)16-18(25-19)23-12(2)20(16,3)4/h5-8,10H,2,9H2,1,3-4H3,(H3,22,23,24,25). The van der Waals surface area contributed by atoms with Crippen LogP contribution in [-0.2, 0) is 11.8 Å². The van der Waals surface area contributed by atoms with E-state index in [0.717, 1.165) is 22.5 Å². The van der Waals surface area contributed by atoms with Gasteiger partial charge in [0.15, 0.2) is 0 Å². The Labute approximate surface area is 157 Å². The molecule has 0 radical (unpaired) electrons. The third kappa shape index (κ3) is 2.75. The summed E-state index contributed by atoms with van der Waals surface area (Å²) in [5.41, 5.74) is 9.83. The van der Waals surface area contributed by atoms with Crippen LogP contribution in [0, 0.1) is 12.7 Å². The number of hydrogen-bond donors (Lipinski definition) is 2. The van der Waals surface area contributed by atoms with Crippen molar-refractivity contribution in [2.45, 2.75) is 32.6 Å². The first-order chi connectivity index (χ1) is 12.8. The van der Waals surface area contributed by atoms with Crippen LogP contribution in [0.5, 0.6) is 0 Å². The van der Waals surface area contributed by atoms with Gasteiger partial charge in [0.25, 0.3) is 5.95 Å². The van der Waals surface area contributed by atoms with Crippen molar-refractivity contribution in [2.75, 3.05) is 11.1 Å². The summed E-state index contributed by atoms with van der Waals surface area (Å²) in [5, 5.41) is 7.75. The minimum atomic E-state index is -0.339. The van der Waals surface area contributed by atoms with Crippen molar-refractivity contribution in [3.8, 4) is 5.95 Å². The summed E-state index contributed by atoms with van der Waals surface area (Å²) >= 11 is 0. The van der Waals surface area contributed by atoms with Crippen molar-refractivity contribution in [2.24, 2.45) is 0 Å². The lowest BCUT2D eigenvalue weighted by Crippen LogP contribution is -2.18. The van der Waals surface area contributed by atoms with Gasteiger partial charge in [-0.1, -0.05) is 24.8 Å². The van der Waals surface area contributed by atoms with Gasteiger partial charge in [-0.15, -0.1) is 0 Å². The quantitative estimate of drug-likeness (QED) is 0.743. The van der Waals surface area contributed by atoms with Gasteiger partial charge in [0.2, 0.25) is 0 Å². The topological polar surface area (TPSA) is 81.7 Å². The fourth-order valence-corrected chi connectivity index (χ4v) is 3.32. The zero-order chi connectivity index (χ0) is 19.3. The number of aromatic nitrogens is 4. The number of allylic oxidation sites excluding steroid dienone is 1. The van der Waals surface area contributed by atoms with Crippen LogP contribution in [-0.4, -0.2) is 19.7 Å². The number of rotatable bonds is 3. The Morgan fingerprint density at radius 1 is 1.26 bits per heavy atom. The van der Waals surface area contributed by atoms with Crippen molar-refractivity contribution in [3.05, 3.63) is 70.9 Å². The molecular weight excluding hydrogens is 343 g/mol. The highest BCUT2D eigenvalue weighted by molar-refractivity contribution is 5.71. The molecule has 0 fully saturated rings. The molecule has 2 aromatic heterocycles. The fourth-order valence-electron chi connectivity index (χ4n) is 3.32. The van der Waals surface area contributed by atoms with E-state index in [1.807, 2.05) is 33.0 Å². The van der Waals surface area contributed by atoms with E-state index in [0.29, 0.717) is 29.6 Å². The normalized spacial score (nSPS) is 14.9. The maximum atomic E-state index is 14.0. The van der Waals surface area contributed by atoms with Crippen LogP contribution in [0.4, 0.5) is 16.0 Å². The fraction of sp³-hybridized carbons (Fsp3) is 0.250. The SMILES string of the molecule is C=C1Nc2nc(-n3cc(C)c(Cc4ccccc4F)n3)nc(N)c2C1(C)C. The summed E-state index contributed by atoms with van der Waals surface area (Å²) in [7, 11) is 0. The highest BCUT2D eigenvalue weighted by atomic mass is 19.1. The lowest BCUT2D eigenvalue weighted by Gasteiger charge is -2.19. The van der Waals surface area contributed by atoms with E-state index in [9.17, 15) is 4.39 Å². The Bertz CT molecular complexity index is 1070. The average molecular weight is 364 g/mol. The van der Waals surface area contributed by atoms with Crippen LogP contribution < -0.4 is 11.1 Å². The largest absolute Gasteiger partial charge is 0.383 e. The molecule has 4 rings (SSSR count). The molecule has 0 bridgehead atoms. The number of aryl methyl sites for hydroxylation is 1. The Kier molecular flexibility index (Phi) is 3.76. The van der Waals surface area contributed by atoms with Gasteiger partial charge in [-0.05, 0) is 38.0 Å². The second-order valence-electron chi connectivity index (χ2n) is 7.33. The zero-order valence-electron chi connectivity index (χ0n) is 15.5. The minimum absolute atomic E-state index is 0.241. The predicted octanol–water partition coefficient (Wildman–Crippen LogP) is 3.50. The third-order valence-corrected chi connectivity index (χ3v) is 5.09. The molecule has 1 aliphatic rings. The lowest BCUT2D eigenvalue weighted by molar-refractivity contribution is 0.612. The van der Waals surface area contributed by atoms with Gasteiger partial charge >= 0.3 is 0 Å². The molecule has 3 aromatic rings. The molecule has 3 N–H and O–H groups in total. The molecule has 1 aromatic carbocycles. The van der Waals surface area contributed by atoms with Crippen molar-refractivity contribution in [1.29, 1.82) is 0 Å². The molecule has 138 valence electrons. The van der Waals surface area contributed by atoms with Gasteiger partial charge in [0.05, 0.1) is 5.69 Å². The molecule has 1 aliphatic heterocycles. The Morgan fingerprint density at radius 3 is 2.74 bits per heavy atom. The second-order valence-corrected chi connectivity index (χ2v) is 7.33. The Morgan fingerprint density at radius 2 is 2.00 bits per heavy atom. The zero-order valence-corrected chi connectivity index (χ0v) is 15.5. The van der Waals surface area contributed by atoms with Gasteiger partial charge < -0.3 is 11.1 Å². The van der Waals surface area contributed by atoms with Gasteiger partial charge in [-0.25, -0.2) is 9.07 Å². The summed E-state index contributed by atoms with van der Waals surface area (Å²) in [5.74, 6) is 1.17. The number of fused-ring (bicyclic) bond motifs is 1. The number of benzene rings is 1. The first-order valence-corrected chi connectivity index (χ1v) is 8.70. The van der Waals surface area contributed by atoms with Crippen LogP contribution in [0.1, 0.15) is 36.2 Å². The molecule has 6 nitrogen and oxygen atoms in total. The molecule has 0 aliphatic carbocycles. The number of halogens is 1. The van der Waals surface area contributed by atoms with Crippen molar-refractivity contribution in [3.63, 3.8) is 0 Å². The smallest absolute Gasteiger partial charge is 0.254 e. The van der Waals surface area contributed by atoms with Gasteiger partial charge in [-0.3, -0.25) is 0 Å². The van der Waals surface area contributed by atoms with E-state index in [-0.39, 0.29) is 11.2 Å². The van der Waals surface area contributed by atoms with Crippen LogP contribution in [0.25, 0.3) is 5.95 Å². The summed E-state index contributed by atoms with van der Waals surface area (Å²) < 4.78 is 15.5. The van der Waals surface area contributed by atoms with E-state index in [4.69, 9.17) is 5.73 Å². The van der Waals surface area contributed by atoms with E-state index in [1.54, 1.807) is 16.8 Å². The van der Waals surface area contributed by atoms with E-state index >= 15 is 0 Å². The van der Waals surface area contributed by atoms with Crippen LogP contribution in [0.3, 0.4) is 0 Å². The molecule has 0 amide bonds.